The quantitative estimate of drug-likeness (QED) is 0.683. The van der Waals surface area contributed by atoms with Gasteiger partial charge in [-0.2, -0.15) is 11.8 Å². The fraction of sp³-hybridized carbons (Fsp3) is 0.857. The van der Waals surface area contributed by atoms with Crippen LogP contribution in [0.3, 0.4) is 0 Å². The van der Waals surface area contributed by atoms with Crippen LogP contribution in [0.1, 0.15) is 51.9 Å². The van der Waals surface area contributed by atoms with Crippen LogP contribution < -0.4 is 5.32 Å². The topological polar surface area (TPSA) is 12.0 Å². The fourth-order valence-corrected chi connectivity index (χ4v) is 3.57. The van der Waals surface area contributed by atoms with E-state index in [1.807, 2.05) is 0 Å². The Bertz CT molecular complexity index is 203. The number of hydrogen-bond donors (Lipinski definition) is 1. The highest BCUT2D eigenvalue weighted by molar-refractivity contribution is 7.99. The summed E-state index contributed by atoms with van der Waals surface area (Å²) in [6, 6.07) is 0.525. The second kappa shape index (κ2) is 8.96. The minimum Gasteiger partial charge on any atom is -0.312 e. The molecule has 92 valence electrons. The fourth-order valence-electron chi connectivity index (χ4n) is 2.16. The summed E-state index contributed by atoms with van der Waals surface area (Å²) in [7, 11) is 0. The van der Waals surface area contributed by atoms with Gasteiger partial charge in [0.15, 0.2) is 0 Å². The molecule has 2 heteroatoms. The monoisotopic (exact) mass is 239 g/mol. The highest BCUT2D eigenvalue weighted by Crippen LogP contribution is 2.28. The van der Waals surface area contributed by atoms with E-state index in [-0.39, 0.29) is 0 Å². The summed E-state index contributed by atoms with van der Waals surface area (Å²) in [5.74, 6) is 3.98. The number of thioether (sulfide) groups is 1. The second-order valence-electron chi connectivity index (χ2n) is 4.65. The molecule has 0 aromatic carbocycles. The summed E-state index contributed by atoms with van der Waals surface area (Å²) in [5, 5.41) is 4.45. The number of nitrogens with one attached hydrogen (secondary N) is 1. The molecule has 0 aromatic heterocycles. The predicted molar refractivity (Wildman–Crippen MR) is 74.9 cm³/mol. The van der Waals surface area contributed by atoms with Crippen LogP contribution in [0.25, 0.3) is 0 Å². The third-order valence-corrected chi connectivity index (χ3v) is 4.67. The van der Waals surface area contributed by atoms with Crippen molar-refractivity contribution >= 4 is 11.8 Å². The zero-order chi connectivity index (χ0) is 11.6. The van der Waals surface area contributed by atoms with E-state index in [1.165, 1.54) is 44.3 Å². The standard InChI is InChI=1S/C14H25NS/c1-3-8-13(15-11-4-2)12-16-14-9-6-5-7-10-14/h1,13-15H,4-12H2,2H3. The maximum Gasteiger partial charge on any atom is 0.0267 e. The summed E-state index contributed by atoms with van der Waals surface area (Å²) in [5.41, 5.74) is 0. The Kier molecular flexibility index (Phi) is 7.80. The van der Waals surface area contributed by atoms with Crippen molar-refractivity contribution in [1.29, 1.82) is 0 Å². The smallest absolute Gasteiger partial charge is 0.0267 e. The van der Waals surface area contributed by atoms with E-state index in [1.54, 1.807) is 0 Å². The van der Waals surface area contributed by atoms with Crippen molar-refractivity contribution in [2.24, 2.45) is 0 Å². The highest BCUT2D eigenvalue weighted by atomic mass is 32.2. The first-order chi connectivity index (χ1) is 7.86. The first-order valence-corrected chi connectivity index (χ1v) is 7.70. The zero-order valence-electron chi connectivity index (χ0n) is 10.5. The van der Waals surface area contributed by atoms with E-state index in [0.29, 0.717) is 6.04 Å². The van der Waals surface area contributed by atoms with Gasteiger partial charge in [0.2, 0.25) is 0 Å². The number of terminal acetylenes is 1. The van der Waals surface area contributed by atoms with E-state index >= 15 is 0 Å². The molecule has 16 heavy (non-hydrogen) atoms. The summed E-state index contributed by atoms with van der Waals surface area (Å²) in [6.45, 7) is 3.30. The van der Waals surface area contributed by atoms with E-state index in [2.05, 4.69) is 29.9 Å². The molecular weight excluding hydrogens is 214 g/mol. The zero-order valence-corrected chi connectivity index (χ0v) is 11.3. The predicted octanol–water partition coefficient (Wildman–Crippen LogP) is 3.44. The molecule has 1 unspecified atom stereocenters. The Hall–Kier alpha value is -0.130. The van der Waals surface area contributed by atoms with Crippen LogP contribution in [0.5, 0.6) is 0 Å². The first kappa shape index (κ1) is 13.9. The average Bonchev–Trinajstić information content (AvgIpc) is 2.34. The molecule has 0 spiro atoms. The maximum atomic E-state index is 5.41. The van der Waals surface area contributed by atoms with Gasteiger partial charge < -0.3 is 5.32 Å². The molecule has 1 N–H and O–H groups in total. The molecule has 0 heterocycles. The molecule has 0 amide bonds. The van der Waals surface area contributed by atoms with Gasteiger partial charge in [-0.3, -0.25) is 0 Å². The minimum absolute atomic E-state index is 0.525. The third-order valence-electron chi connectivity index (χ3n) is 3.13. The van der Waals surface area contributed by atoms with Gasteiger partial charge in [0.05, 0.1) is 0 Å². The van der Waals surface area contributed by atoms with Crippen LogP contribution in [0.4, 0.5) is 0 Å². The lowest BCUT2D eigenvalue weighted by Crippen LogP contribution is -2.32. The van der Waals surface area contributed by atoms with E-state index in [0.717, 1.165) is 18.2 Å². The van der Waals surface area contributed by atoms with Gasteiger partial charge in [0.1, 0.15) is 0 Å². The molecule has 1 fully saturated rings. The molecular formula is C14H25NS. The van der Waals surface area contributed by atoms with Crippen molar-refractivity contribution in [3.05, 3.63) is 0 Å². The lowest BCUT2D eigenvalue weighted by Gasteiger charge is -2.23. The molecule has 1 nitrogen and oxygen atoms in total. The van der Waals surface area contributed by atoms with Gasteiger partial charge in [-0.05, 0) is 25.8 Å². The lowest BCUT2D eigenvalue weighted by atomic mass is 10.0. The summed E-state index contributed by atoms with van der Waals surface area (Å²) in [6.07, 6.45) is 14.6. The van der Waals surface area contributed by atoms with E-state index in [4.69, 9.17) is 6.42 Å². The Labute approximate surface area is 105 Å². The van der Waals surface area contributed by atoms with Gasteiger partial charge in [-0.25, -0.2) is 0 Å². The largest absolute Gasteiger partial charge is 0.312 e. The van der Waals surface area contributed by atoms with Crippen molar-refractivity contribution in [2.45, 2.75) is 63.2 Å². The summed E-state index contributed by atoms with van der Waals surface area (Å²) in [4.78, 5) is 0. The van der Waals surface area contributed by atoms with Crippen LogP contribution in [-0.2, 0) is 0 Å². The first-order valence-electron chi connectivity index (χ1n) is 6.65. The molecule has 0 aromatic rings. The van der Waals surface area contributed by atoms with Crippen molar-refractivity contribution in [3.63, 3.8) is 0 Å². The Morgan fingerprint density at radius 3 is 2.75 bits per heavy atom. The van der Waals surface area contributed by atoms with Crippen LogP contribution in [0, 0.1) is 12.3 Å². The third kappa shape index (κ3) is 5.82. The van der Waals surface area contributed by atoms with Gasteiger partial charge >= 0.3 is 0 Å². The second-order valence-corrected chi connectivity index (χ2v) is 5.99. The van der Waals surface area contributed by atoms with Crippen molar-refractivity contribution in [3.8, 4) is 12.3 Å². The molecule has 0 saturated heterocycles. The van der Waals surface area contributed by atoms with Crippen molar-refractivity contribution in [2.75, 3.05) is 12.3 Å². The van der Waals surface area contributed by atoms with Crippen molar-refractivity contribution in [1.82, 2.24) is 5.32 Å². The Balaban J connectivity index is 2.17. The molecule has 0 bridgehead atoms. The molecule has 0 radical (unpaired) electrons. The van der Waals surface area contributed by atoms with Gasteiger partial charge in [0, 0.05) is 23.5 Å². The van der Waals surface area contributed by atoms with Gasteiger partial charge in [0.25, 0.3) is 0 Å². The van der Waals surface area contributed by atoms with Crippen molar-refractivity contribution < 1.29 is 0 Å². The highest BCUT2D eigenvalue weighted by Gasteiger charge is 2.15. The van der Waals surface area contributed by atoms with Crippen LogP contribution in [0.15, 0.2) is 0 Å². The van der Waals surface area contributed by atoms with E-state index in [9.17, 15) is 0 Å². The number of rotatable bonds is 7. The van der Waals surface area contributed by atoms with Crippen LogP contribution in [0.2, 0.25) is 0 Å². The molecule has 0 aliphatic heterocycles. The molecule has 1 rings (SSSR count). The van der Waals surface area contributed by atoms with Crippen LogP contribution in [-0.4, -0.2) is 23.6 Å². The van der Waals surface area contributed by atoms with Gasteiger partial charge in [-0.15, -0.1) is 12.3 Å². The Morgan fingerprint density at radius 1 is 1.38 bits per heavy atom. The average molecular weight is 239 g/mol. The number of hydrogen-bond acceptors (Lipinski definition) is 2. The van der Waals surface area contributed by atoms with Crippen LogP contribution >= 0.6 is 11.8 Å². The SMILES string of the molecule is C#CCC(CSC1CCCCC1)NCCC. The summed E-state index contributed by atoms with van der Waals surface area (Å²) < 4.78 is 0. The van der Waals surface area contributed by atoms with E-state index < -0.39 is 0 Å². The molecule has 1 saturated carbocycles. The minimum atomic E-state index is 0.525. The maximum absolute atomic E-state index is 5.41. The Morgan fingerprint density at radius 2 is 2.12 bits per heavy atom. The van der Waals surface area contributed by atoms with Gasteiger partial charge in [-0.1, -0.05) is 26.2 Å². The summed E-state index contributed by atoms with van der Waals surface area (Å²) >= 11 is 2.14. The molecule has 1 aliphatic rings. The molecule has 1 aliphatic carbocycles. The molecule has 1 atom stereocenters. The normalized spacial score (nSPS) is 19.2. The lowest BCUT2D eigenvalue weighted by molar-refractivity contribution is 0.512.